The number of nitrogens with zero attached hydrogens (tertiary/aromatic N) is 2. The van der Waals surface area contributed by atoms with Gasteiger partial charge in [0.1, 0.15) is 0 Å². The molecular weight excluding hydrogens is 394 g/mol. The van der Waals surface area contributed by atoms with Crippen LogP contribution < -0.4 is 21.9 Å². The molecule has 1 amide bonds. The van der Waals surface area contributed by atoms with Crippen molar-refractivity contribution < 1.29 is 9.90 Å². The van der Waals surface area contributed by atoms with E-state index in [1.54, 1.807) is 30.5 Å². The number of aliphatic hydroxyl groups excluding tert-OH is 1. The van der Waals surface area contributed by atoms with Crippen LogP contribution in [0.5, 0.6) is 0 Å². The van der Waals surface area contributed by atoms with Gasteiger partial charge in [0.2, 0.25) is 0 Å². The predicted molar refractivity (Wildman–Crippen MR) is 121 cm³/mol. The van der Waals surface area contributed by atoms with Crippen LogP contribution in [0.4, 0.5) is 5.69 Å². The quantitative estimate of drug-likeness (QED) is 0.205. The van der Waals surface area contributed by atoms with Crippen LogP contribution in [-0.4, -0.2) is 46.6 Å². The van der Waals surface area contributed by atoms with Crippen LogP contribution in [0.3, 0.4) is 0 Å². The number of para-hydroxylation sites is 1. The number of nitrogens with two attached hydrogens (primary N) is 1. The number of nitrogens with one attached hydrogen (secondary N) is 2. The molecule has 0 radical (unpaired) electrons. The van der Waals surface area contributed by atoms with Gasteiger partial charge in [-0.3, -0.25) is 14.0 Å². The predicted octanol–water partition coefficient (Wildman–Crippen LogP) is 1.41. The van der Waals surface area contributed by atoms with Crippen molar-refractivity contribution in [3.63, 3.8) is 0 Å². The summed E-state index contributed by atoms with van der Waals surface area (Å²) in [7, 11) is 0. The van der Waals surface area contributed by atoms with Gasteiger partial charge in [-0.2, -0.15) is 0 Å². The van der Waals surface area contributed by atoms with Crippen LogP contribution in [0, 0.1) is 0 Å². The van der Waals surface area contributed by atoms with E-state index in [2.05, 4.69) is 15.6 Å². The highest BCUT2D eigenvalue weighted by molar-refractivity contribution is 6.00. The third-order valence-electron chi connectivity index (χ3n) is 5.03. The van der Waals surface area contributed by atoms with Crippen molar-refractivity contribution in [3.8, 4) is 11.1 Å². The number of aromatic nitrogens is 2. The molecule has 8 heteroatoms. The maximum absolute atomic E-state index is 13.2. The molecule has 2 heterocycles. The Hall–Kier alpha value is -3.75. The Morgan fingerprint density at radius 2 is 1.90 bits per heavy atom. The van der Waals surface area contributed by atoms with Gasteiger partial charge < -0.3 is 21.5 Å². The molecule has 0 fully saturated rings. The zero-order valence-corrected chi connectivity index (χ0v) is 16.8. The lowest BCUT2D eigenvalue weighted by Gasteiger charge is -2.11. The Labute approximate surface area is 178 Å². The summed E-state index contributed by atoms with van der Waals surface area (Å²) in [5, 5.41) is 15.0. The summed E-state index contributed by atoms with van der Waals surface area (Å²) in [6.45, 7) is 1.41. The molecule has 158 valence electrons. The molecule has 0 unspecified atom stereocenters. The monoisotopic (exact) mass is 417 g/mol. The van der Waals surface area contributed by atoms with Crippen LogP contribution in [-0.2, 0) is 0 Å². The molecule has 0 bridgehead atoms. The van der Waals surface area contributed by atoms with E-state index in [0.29, 0.717) is 47.4 Å². The number of aliphatic hydroxyl groups is 1. The summed E-state index contributed by atoms with van der Waals surface area (Å²) in [4.78, 5) is 30.4. The molecule has 0 aliphatic carbocycles. The van der Waals surface area contributed by atoms with E-state index in [9.17, 15) is 9.59 Å². The number of fused-ring (bicyclic) bond motifs is 2. The SMILES string of the molecule is Nc1ccccc1-c1ccc2nc3c(C(=O)NCCNCCO)cccn3c(=O)c2c1. The summed E-state index contributed by atoms with van der Waals surface area (Å²) in [5.41, 5.74) is 9.26. The summed E-state index contributed by atoms with van der Waals surface area (Å²) in [6.07, 6.45) is 1.60. The Kier molecular flexibility index (Phi) is 5.92. The average molecular weight is 417 g/mol. The number of anilines is 1. The molecular formula is C23H23N5O3. The van der Waals surface area contributed by atoms with Crippen molar-refractivity contribution in [2.45, 2.75) is 0 Å². The fourth-order valence-corrected chi connectivity index (χ4v) is 3.50. The first-order valence-corrected chi connectivity index (χ1v) is 10.00. The third-order valence-corrected chi connectivity index (χ3v) is 5.03. The highest BCUT2D eigenvalue weighted by Crippen LogP contribution is 2.27. The highest BCUT2D eigenvalue weighted by Gasteiger charge is 2.15. The summed E-state index contributed by atoms with van der Waals surface area (Å²) in [6, 6.07) is 16.2. The standard InChI is InChI=1S/C23H23N5O3/c24-19-6-2-1-4-16(19)15-7-8-20-18(14-15)23(31)28-12-3-5-17(21(28)27-20)22(30)26-10-9-25-11-13-29/h1-8,12,14,25,29H,9-11,13,24H2,(H,26,30). The van der Waals surface area contributed by atoms with Crippen molar-refractivity contribution >= 4 is 28.1 Å². The second-order valence-electron chi connectivity index (χ2n) is 7.08. The Balaban J connectivity index is 1.73. The van der Waals surface area contributed by atoms with Gasteiger partial charge in [-0.05, 0) is 35.9 Å². The minimum atomic E-state index is -0.316. The molecule has 0 spiro atoms. The molecule has 5 N–H and O–H groups in total. The van der Waals surface area contributed by atoms with Gasteiger partial charge in [-0.25, -0.2) is 4.98 Å². The number of amides is 1. The molecule has 4 rings (SSSR count). The van der Waals surface area contributed by atoms with E-state index < -0.39 is 0 Å². The van der Waals surface area contributed by atoms with E-state index in [1.165, 1.54) is 4.40 Å². The van der Waals surface area contributed by atoms with Gasteiger partial charge in [0.25, 0.3) is 11.5 Å². The molecule has 2 aromatic heterocycles. The lowest BCUT2D eigenvalue weighted by Crippen LogP contribution is -2.33. The second-order valence-corrected chi connectivity index (χ2v) is 7.08. The molecule has 2 aromatic carbocycles. The molecule has 8 nitrogen and oxygen atoms in total. The van der Waals surface area contributed by atoms with E-state index in [-0.39, 0.29) is 18.1 Å². The van der Waals surface area contributed by atoms with Crippen molar-refractivity contribution in [2.75, 3.05) is 32.0 Å². The maximum Gasteiger partial charge on any atom is 0.265 e. The van der Waals surface area contributed by atoms with Gasteiger partial charge >= 0.3 is 0 Å². The number of hydrogen-bond donors (Lipinski definition) is 4. The molecule has 4 aromatic rings. The summed E-state index contributed by atoms with van der Waals surface area (Å²) in [5.74, 6) is -0.316. The molecule has 0 aliphatic heterocycles. The van der Waals surface area contributed by atoms with Gasteiger partial charge in [0, 0.05) is 37.1 Å². The Morgan fingerprint density at radius 1 is 1.06 bits per heavy atom. The van der Waals surface area contributed by atoms with E-state index >= 15 is 0 Å². The molecule has 0 saturated heterocycles. The van der Waals surface area contributed by atoms with Crippen molar-refractivity contribution in [1.82, 2.24) is 20.0 Å². The number of carbonyl (C=O) groups is 1. The molecule has 0 saturated carbocycles. The normalized spacial score (nSPS) is 11.1. The number of rotatable bonds is 7. The van der Waals surface area contributed by atoms with Crippen LogP contribution in [0.25, 0.3) is 27.7 Å². The summed E-state index contributed by atoms with van der Waals surface area (Å²) >= 11 is 0. The number of hydrogen-bond acceptors (Lipinski definition) is 6. The lowest BCUT2D eigenvalue weighted by atomic mass is 10.0. The Morgan fingerprint density at radius 3 is 2.71 bits per heavy atom. The van der Waals surface area contributed by atoms with E-state index in [1.807, 2.05) is 30.3 Å². The van der Waals surface area contributed by atoms with E-state index in [4.69, 9.17) is 10.8 Å². The second kappa shape index (κ2) is 8.95. The first kappa shape index (κ1) is 20.5. The van der Waals surface area contributed by atoms with Gasteiger partial charge in [-0.15, -0.1) is 0 Å². The maximum atomic E-state index is 13.2. The first-order chi connectivity index (χ1) is 15.1. The smallest absolute Gasteiger partial charge is 0.265 e. The number of pyridine rings is 1. The minimum Gasteiger partial charge on any atom is -0.398 e. The minimum absolute atomic E-state index is 0.0375. The highest BCUT2D eigenvalue weighted by atomic mass is 16.3. The fourth-order valence-electron chi connectivity index (χ4n) is 3.50. The zero-order chi connectivity index (χ0) is 21.8. The molecule has 31 heavy (non-hydrogen) atoms. The van der Waals surface area contributed by atoms with Gasteiger partial charge in [0.05, 0.1) is 23.1 Å². The van der Waals surface area contributed by atoms with Crippen LogP contribution in [0.15, 0.2) is 65.6 Å². The van der Waals surface area contributed by atoms with Crippen LogP contribution in [0.2, 0.25) is 0 Å². The largest absolute Gasteiger partial charge is 0.398 e. The van der Waals surface area contributed by atoms with Crippen molar-refractivity contribution in [3.05, 3.63) is 76.7 Å². The first-order valence-electron chi connectivity index (χ1n) is 10.00. The molecule has 0 aliphatic rings. The van der Waals surface area contributed by atoms with Crippen LogP contribution in [0.1, 0.15) is 10.4 Å². The number of benzene rings is 2. The number of carbonyl (C=O) groups excluding carboxylic acids is 1. The topological polar surface area (TPSA) is 122 Å². The van der Waals surface area contributed by atoms with Crippen molar-refractivity contribution in [1.29, 1.82) is 0 Å². The molecule has 0 atom stereocenters. The van der Waals surface area contributed by atoms with Gasteiger partial charge in [0.15, 0.2) is 5.65 Å². The Bertz CT molecular complexity index is 1320. The van der Waals surface area contributed by atoms with Crippen LogP contribution >= 0.6 is 0 Å². The lowest BCUT2D eigenvalue weighted by molar-refractivity contribution is 0.0955. The average Bonchev–Trinajstić information content (AvgIpc) is 2.79. The number of nitrogen functional groups attached to an aromatic ring is 1. The zero-order valence-electron chi connectivity index (χ0n) is 16.8. The van der Waals surface area contributed by atoms with Crippen molar-refractivity contribution in [2.24, 2.45) is 0 Å². The van der Waals surface area contributed by atoms with E-state index in [0.717, 1.165) is 11.1 Å². The fraction of sp³-hybridized carbons (Fsp3) is 0.174. The van der Waals surface area contributed by atoms with Gasteiger partial charge in [-0.1, -0.05) is 24.3 Å². The third kappa shape index (κ3) is 4.11. The summed E-state index contributed by atoms with van der Waals surface area (Å²) < 4.78 is 1.39.